The molecule has 0 bridgehead atoms. The number of carbonyl (C=O) groups excluding carboxylic acids is 1. The van der Waals surface area contributed by atoms with Crippen molar-refractivity contribution in [2.75, 3.05) is 0 Å². The van der Waals surface area contributed by atoms with Crippen LogP contribution in [0.25, 0.3) is 5.57 Å². The molecular formula is C18H22O. The molecule has 1 nitrogen and oxygen atoms in total. The minimum atomic E-state index is 0.138. The normalized spacial score (nSPS) is 17.2. The lowest BCUT2D eigenvalue weighted by Gasteiger charge is -2.03. The van der Waals surface area contributed by atoms with Crippen LogP contribution < -0.4 is 0 Å². The summed E-state index contributed by atoms with van der Waals surface area (Å²) in [5, 5.41) is 0. The highest BCUT2D eigenvalue weighted by atomic mass is 16.1. The van der Waals surface area contributed by atoms with Gasteiger partial charge in [0.1, 0.15) is 0 Å². The predicted molar refractivity (Wildman–Crippen MR) is 83.4 cm³/mol. The highest BCUT2D eigenvalue weighted by Gasteiger charge is 2.29. The van der Waals surface area contributed by atoms with Crippen LogP contribution in [-0.4, -0.2) is 5.78 Å². The first-order valence-electron chi connectivity index (χ1n) is 6.88. The van der Waals surface area contributed by atoms with Gasteiger partial charge in [-0.1, -0.05) is 63.8 Å². The number of Topliss-reactive ketones (excluding diaryl/α,β-unsaturated/α-hetero) is 1. The number of aryl methyl sites for hydroxylation is 1. The minimum absolute atomic E-state index is 0.138. The zero-order valence-corrected chi connectivity index (χ0v) is 12.3. The Morgan fingerprint density at radius 1 is 1.21 bits per heavy atom. The summed E-state index contributed by atoms with van der Waals surface area (Å²) in [6.45, 7) is 11.8. The van der Waals surface area contributed by atoms with Crippen LogP contribution in [0.1, 0.15) is 48.7 Å². The molecule has 0 radical (unpaired) electrons. The van der Waals surface area contributed by atoms with E-state index in [1.807, 2.05) is 58.0 Å². The summed E-state index contributed by atoms with van der Waals surface area (Å²) in [5.74, 6) is 0.138. The maximum Gasteiger partial charge on any atom is 0.193 e. The molecule has 19 heavy (non-hydrogen) atoms. The Morgan fingerprint density at radius 2 is 1.89 bits per heavy atom. The molecule has 0 aliphatic heterocycles. The zero-order chi connectivity index (χ0) is 14.4. The molecule has 1 aliphatic carbocycles. The summed E-state index contributed by atoms with van der Waals surface area (Å²) in [5.41, 5.74) is 4.86. The van der Waals surface area contributed by atoms with E-state index in [0.29, 0.717) is 0 Å². The largest absolute Gasteiger partial charge is 0.289 e. The Hall–Kier alpha value is -1.89. The number of ketones is 1. The Balaban J connectivity index is 0.000000861. The lowest BCUT2D eigenvalue weighted by Crippen LogP contribution is -1.94. The summed E-state index contributed by atoms with van der Waals surface area (Å²) in [6.07, 6.45) is 6.53. The highest BCUT2D eigenvalue weighted by Crippen LogP contribution is 2.38. The van der Waals surface area contributed by atoms with Crippen LogP contribution in [0.3, 0.4) is 0 Å². The van der Waals surface area contributed by atoms with Gasteiger partial charge in [-0.15, -0.1) is 0 Å². The molecule has 0 aromatic heterocycles. The van der Waals surface area contributed by atoms with Gasteiger partial charge in [0, 0.05) is 11.1 Å². The van der Waals surface area contributed by atoms with E-state index in [9.17, 15) is 4.79 Å². The van der Waals surface area contributed by atoms with Gasteiger partial charge in [0.2, 0.25) is 0 Å². The van der Waals surface area contributed by atoms with E-state index >= 15 is 0 Å². The maximum atomic E-state index is 12.3. The Labute approximate surface area is 116 Å². The summed E-state index contributed by atoms with van der Waals surface area (Å²) in [6, 6.07) is 5.88. The highest BCUT2D eigenvalue weighted by molar-refractivity contribution is 6.27. The van der Waals surface area contributed by atoms with E-state index in [0.717, 1.165) is 34.3 Å². The number of fused-ring (bicyclic) bond motifs is 1. The molecule has 0 fully saturated rings. The van der Waals surface area contributed by atoms with Gasteiger partial charge in [-0.2, -0.15) is 0 Å². The van der Waals surface area contributed by atoms with Crippen molar-refractivity contribution in [1.82, 2.24) is 0 Å². The van der Waals surface area contributed by atoms with Crippen molar-refractivity contribution in [3.05, 3.63) is 65.3 Å². The third kappa shape index (κ3) is 2.76. The average molecular weight is 254 g/mol. The van der Waals surface area contributed by atoms with E-state index in [-0.39, 0.29) is 5.78 Å². The van der Waals surface area contributed by atoms with Crippen molar-refractivity contribution in [2.45, 2.75) is 34.1 Å². The molecule has 1 aromatic carbocycles. The second kappa shape index (κ2) is 6.89. The SMILES string of the molecule is C=C/C=C1\C(=C/CC)C(=O)c2cccc(C)c21.CC. The Bertz CT molecular complexity index is 545. The Kier molecular flexibility index (Phi) is 5.50. The molecule has 0 N–H and O–H groups in total. The lowest BCUT2D eigenvalue weighted by atomic mass is 9.99. The monoisotopic (exact) mass is 254 g/mol. The number of carbonyl (C=O) groups is 1. The van der Waals surface area contributed by atoms with Crippen molar-refractivity contribution in [2.24, 2.45) is 0 Å². The smallest absolute Gasteiger partial charge is 0.193 e. The molecule has 0 spiro atoms. The van der Waals surface area contributed by atoms with Crippen LogP contribution in [0, 0.1) is 6.92 Å². The molecule has 1 aliphatic rings. The van der Waals surface area contributed by atoms with E-state index in [4.69, 9.17) is 0 Å². The van der Waals surface area contributed by atoms with Gasteiger partial charge < -0.3 is 0 Å². The van der Waals surface area contributed by atoms with Crippen LogP contribution >= 0.6 is 0 Å². The van der Waals surface area contributed by atoms with Crippen LogP contribution in [-0.2, 0) is 0 Å². The summed E-state index contributed by atoms with van der Waals surface area (Å²) in [4.78, 5) is 12.3. The number of hydrogen-bond donors (Lipinski definition) is 0. The topological polar surface area (TPSA) is 17.1 Å². The molecule has 0 saturated carbocycles. The van der Waals surface area contributed by atoms with Crippen LogP contribution in [0.4, 0.5) is 0 Å². The van der Waals surface area contributed by atoms with Gasteiger partial charge in [-0.3, -0.25) is 4.79 Å². The molecule has 100 valence electrons. The first-order valence-corrected chi connectivity index (χ1v) is 6.88. The van der Waals surface area contributed by atoms with Gasteiger partial charge in [0.15, 0.2) is 5.78 Å². The Morgan fingerprint density at radius 3 is 2.47 bits per heavy atom. The molecule has 1 aromatic rings. The van der Waals surface area contributed by atoms with Crippen molar-refractivity contribution in [1.29, 1.82) is 0 Å². The molecule has 0 saturated heterocycles. The molecule has 1 heteroatoms. The summed E-state index contributed by atoms with van der Waals surface area (Å²) < 4.78 is 0. The van der Waals surface area contributed by atoms with E-state index in [2.05, 4.69) is 6.58 Å². The fourth-order valence-electron chi connectivity index (χ4n) is 2.31. The molecular weight excluding hydrogens is 232 g/mol. The second-order valence-electron chi connectivity index (χ2n) is 4.17. The molecule has 2 rings (SSSR count). The van der Waals surface area contributed by atoms with Crippen LogP contribution in [0.2, 0.25) is 0 Å². The number of allylic oxidation sites excluding steroid dienone is 5. The van der Waals surface area contributed by atoms with Crippen molar-refractivity contribution in [3.8, 4) is 0 Å². The predicted octanol–water partition coefficient (Wildman–Crippen LogP) is 5.12. The van der Waals surface area contributed by atoms with Crippen LogP contribution in [0.5, 0.6) is 0 Å². The minimum Gasteiger partial charge on any atom is -0.289 e. The van der Waals surface area contributed by atoms with E-state index in [1.165, 1.54) is 0 Å². The van der Waals surface area contributed by atoms with Gasteiger partial charge in [-0.05, 0) is 30.0 Å². The number of hydrogen-bond acceptors (Lipinski definition) is 1. The van der Waals surface area contributed by atoms with Crippen LogP contribution in [0.15, 0.2) is 48.6 Å². The first-order chi connectivity index (χ1) is 9.20. The molecule has 0 amide bonds. The van der Waals surface area contributed by atoms with E-state index < -0.39 is 0 Å². The van der Waals surface area contributed by atoms with Gasteiger partial charge in [0.05, 0.1) is 0 Å². The summed E-state index contributed by atoms with van der Waals surface area (Å²) >= 11 is 0. The molecule has 0 atom stereocenters. The average Bonchev–Trinajstić information content (AvgIpc) is 2.69. The second-order valence-corrected chi connectivity index (χ2v) is 4.17. The fourth-order valence-corrected chi connectivity index (χ4v) is 2.31. The third-order valence-electron chi connectivity index (χ3n) is 3.01. The van der Waals surface area contributed by atoms with E-state index in [1.54, 1.807) is 6.08 Å². The quantitative estimate of drug-likeness (QED) is 0.669. The lowest BCUT2D eigenvalue weighted by molar-refractivity contribution is 0.104. The molecule has 0 heterocycles. The molecule has 0 unspecified atom stereocenters. The van der Waals surface area contributed by atoms with Gasteiger partial charge in [-0.25, -0.2) is 0 Å². The summed E-state index contributed by atoms with van der Waals surface area (Å²) in [7, 11) is 0. The third-order valence-corrected chi connectivity index (χ3v) is 3.01. The van der Waals surface area contributed by atoms with Crippen molar-refractivity contribution in [3.63, 3.8) is 0 Å². The number of benzene rings is 1. The standard InChI is InChI=1S/C16H16O.C2H6/c1-4-7-12-13(8-5-2)16(17)14-10-6-9-11(3)15(12)14;1-2/h4,6-10H,1,5H2,2-3H3;1-2H3/b12-7+,13-8+;. The van der Waals surface area contributed by atoms with Gasteiger partial charge >= 0.3 is 0 Å². The first kappa shape index (κ1) is 15.2. The van der Waals surface area contributed by atoms with Crippen molar-refractivity contribution >= 4 is 11.4 Å². The number of rotatable bonds is 2. The van der Waals surface area contributed by atoms with Gasteiger partial charge in [0.25, 0.3) is 0 Å². The fraction of sp³-hybridized carbons (Fsp3) is 0.278. The zero-order valence-electron chi connectivity index (χ0n) is 12.3. The maximum absolute atomic E-state index is 12.3. The van der Waals surface area contributed by atoms with Crippen molar-refractivity contribution < 1.29 is 4.79 Å².